The fraction of sp³-hybridized carbons (Fsp3) is 0.611. The third-order valence-electron chi connectivity index (χ3n) is 3.82. The minimum atomic E-state index is -0.632. The summed E-state index contributed by atoms with van der Waals surface area (Å²) in [5, 5.41) is 0. The summed E-state index contributed by atoms with van der Waals surface area (Å²) in [6.07, 6.45) is -0.398. The molecule has 26 heavy (non-hydrogen) atoms. The second-order valence-electron chi connectivity index (χ2n) is 7.03. The molecule has 0 aromatic heterocycles. The van der Waals surface area contributed by atoms with Crippen molar-refractivity contribution in [1.82, 2.24) is 4.90 Å². The van der Waals surface area contributed by atoms with Gasteiger partial charge in [-0.3, -0.25) is 0 Å². The monoisotopic (exact) mass is 372 g/mol. The van der Waals surface area contributed by atoms with Crippen LogP contribution in [0.4, 0.5) is 19.3 Å². The number of carbonyl (C=O) groups excluding carboxylic acids is 1. The molecule has 2 rings (SSSR count). The number of ether oxygens (including phenoxy) is 3. The summed E-state index contributed by atoms with van der Waals surface area (Å²) in [5.41, 5.74) is -0.410. The average molecular weight is 372 g/mol. The fourth-order valence-corrected chi connectivity index (χ4v) is 2.56. The molecular weight excluding hydrogens is 346 g/mol. The molecule has 1 aliphatic rings. The number of anilines is 1. The fourth-order valence-electron chi connectivity index (χ4n) is 2.56. The second-order valence-corrected chi connectivity index (χ2v) is 7.03. The van der Waals surface area contributed by atoms with Crippen molar-refractivity contribution < 1.29 is 27.8 Å². The van der Waals surface area contributed by atoms with Crippen molar-refractivity contribution in [2.24, 2.45) is 0 Å². The Morgan fingerprint density at radius 3 is 2.31 bits per heavy atom. The van der Waals surface area contributed by atoms with Gasteiger partial charge in [-0.15, -0.1) is 0 Å². The highest BCUT2D eigenvalue weighted by molar-refractivity contribution is 5.68. The summed E-state index contributed by atoms with van der Waals surface area (Å²) >= 11 is 0. The Kier molecular flexibility index (Phi) is 6.63. The third-order valence-corrected chi connectivity index (χ3v) is 3.82. The van der Waals surface area contributed by atoms with Gasteiger partial charge in [0.2, 0.25) is 0 Å². The van der Waals surface area contributed by atoms with Crippen LogP contribution >= 0.6 is 0 Å². The number of piperazine rings is 1. The number of rotatable bonds is 5. The van der Waals surface area contributed by atoms with Crippen LogP contribution < -0.4 is 9.64 Å². The summed E-state index contributed by atoms with van der Waals surface area (Å²) in [7, 11) is 1.50. The third kappa shape index (κ3) is 5.45. The lowest BCUT2D eigenvalue weighted by Gasteiger charge is -2.36. The Labute approximate surface area is 152 Å². The lowest BCUT2D eigenvalue weighted by atomic mass is 10.2. The number of benzene rings is 1. The van der Waals surface area contributed by atoms with Crippen LogP contribution in [0.1, 0.15) is 20.8 Å². The SMILES string of the molecule is COCCOc1cc(F)c(N2CCN(C(=O)OC(C)(C)C)CC2)cc1F. The van der Waals surface area contributed by atoms with Crippen molar-refractivity contribution >= 4 is 11.8 Å². The van der Waals surface area contributed by atoms with E-state index in [4.69, 9.17) is 14.2 Å². The number of amides is 1. The highest BCUT2D eigenvalue weighted by atomic mass is 19.1. The summed E-state index contributed by atoms with van der Waals surface area (Å²) in [5.74, 6) is -1.34. The first-order valence-corrected chi connectivity index (χ1v) is 8.55. The van der Waals surface area contributed by atoms with Crippen molar-refractivity contribution in [2.75, 3.05) is 51.4 Å². The Morgan fingerprint density at radius 2 is 1.73 bits per heavy atom. The van der Waals surface area contributed by atoms with Crippen LogP contribution in [0, 0.1) is 11.6 Å². The van der Waals surface area contributed by atoms with Gasteiger partial charge >= 0.3 is 6.09 Å². The van der Waals surface area contributed by atoms with Crippen LogP contribution in [-0.2, 0) is 9.47 Å². The van der Waals surface area contributed by atoms with E-state index in [1.54, 1.807) is 30.6 Å². The van der Waals surface area contributed by atoms with Crippen LogP contribution in [0.2, 0.25) is 0 Å². The molecule has 0 aliphatic carbocycles. The van der Waals surface area contributed by atoms with E-state index in [1.165, 1.54) is 7.11 Å². The number of carbonyl (C=O) groups is 1. The lowest BCUT2D eigenvalue weighted by Crippen LogP contribution is -2.50. The largest absolute Gasteiger partial charge is 0.488 e. The Balaban J connectivity index is 1.98. The van der Waals surface area contributed by atoms with Gasteiger partial charge in [-0.05, 0) is 20.8 Å². The van der Waals surface area contributed by atoms with Gasteiger partial charge in [-0.2, -0.15) is 0 Å². The number of hydrogen-bond acceptors (Lipinski definition) is 5. The number of methoxy groups -OCH3 is 1. The molecule has 146 valence electrons. The molecule has 1 amide bonds. The molecule has 0 radical (unpaired) electrons. The molecular formula is C18H26F2N2O4. The molecule has 0 saturated carbocycles. The summed E-state index contributed by atoms with van der Waals surface area (Å²) in [6, 6.07) is 2.17. The summed E-state index contributed by atoms with van der Waals surface area (Å²) in [6.45, 7) is 7.36. The zero-order valence-corrected chi connectivity index (χ0v) is 15.7. The Hall–Kier alpha value is -2.09. The molecule has 1 aliphatic heterocycles. The predicted octanol–water partition coefficient (Wildman–Crippen LogP) is 3.05. The zero-order chi connectivity index (χ0) is 19.3. The van der Waals surface area contributed by atoms with Crippen LogP contribution in [0.15, 0.2) is 12.1 Å². The van der Waals surface area contributed by atoms with Gasteiger partial charge < -0.3 is 24.0 Å². The maximum Gasteiger partial charge on any atom is 0.410 e. The van der Waals surface area contributed by atoms with Gasteiger partial charge in [0, 0.05) is 45.4 Å². The van der Waals surface area contributed by atoms with Crippen LogP contribution in [0.25, 0.3) is 0 Å². The van der Waals surface area contributed by atoms with Gasteiger partial charge in [0.15, 0.2) is 11.6 Å². The van der Waals surface area contributed by atoms with Gasteiger partial charge in [0.25, 0.3) is 0 Å². The molecule has 1 aromatic carbocycles. The molecule has 1 heterocycles. The van der Waals surface area contributed by atoms with Crippen molar-refractivity contribution in [3.8, 4) is 5.75 Å². The zero-order valence-electron chi connectivity index (χ0n) is 15.7. The number of nitrogens with zero attached hydrogens (tertiary/aromatic N) is 2. The maximum absolute atomic E-state index is 14.4. The van der Waals surface area contributed by atoms with Gasteiger partial charge in [-0.25, -0.2) is 13.6 Å². The first-order chi connectivity index (χ1) is 12.2. The van der Waals surface area contributed by atoms with Crippen LogP contribution in [0.5, 0.6) is 5.75 Å². The normalized spacial score (nSPS) is 15.2. The first kappa shape index (κ1) is 20.2. The minimum absolute atomic E-state index is 0.140. The highest BCUT2D eigenvalue weighted by Crippen LogP contribution is 2.28. The quantitative estimate of drug-likeness (QED) is 0.744. The number of hydrogen-bond donors (Lipinski definition) is 0. The van der Waals surface area contributed by atoms with E-state index in [9.17, 15) is 13.6 Å². The number of halogens is 2. The molecule has 0 atom stereocenters. The molecule has 1 saturated heterocycles. The molecule has 0 unspecified atom stereocenters. The first-order valence-electron chi connectivity index (χ1n) is 8.55. The van der Waals surface area contributed by atoms with E-state index >= 15 is 0 Å². The molecule has 6 nitrogen and oxygen atoms in total. The van der Waals surface area contributed by atoms with Crippen molar-refractivity contribution in [3.05, 3.63) is 23.8 Å². The van der Waals surface area contributed by atoms with Crippen molar-refractivity contribution in [1.29, 1.82) is 0 Å². The summed E-state index contributed by atoms with van der Waals surface area (Å²) < 4.78 is 43.9. The minimum Gasteiger partial charge on any atom is -0.488 e. The molecule has 1 aromatic rings. The Bertz CT molecular complexity index is 626. The van der Waals surface area contributed by atoms with Crippen LogP contribution in [0.3, 0.4) is 0 Å². The van der Waals surface area contributed by atoms with E-state index in [0.29, 0.717) is 26.2 Å². The molecule has 0 bridgehead atoms. The van der Waals surface area contributed by atoms with E-state index in [2.05, 4.69) is 0 Å². The van der Waals surface area contributed by atoms with E-state index in [0.717, 1.165) is 12.1 Å². The van der Waals surface area contributed by atoms with Gasteiger partial charge in [-0.1, -0.05) is 0 Å². The van der Waals surface area contributed by atoms with E-state index < -0.39 is 23.3 Å². The smallest absolute Gasteiger partial charge is 0.410 e. The molecule has 8 heteroatoms. The maximum atomic E-state index is 14.4. The van der Waals surface area contributed by atoms with E-state index in [1.807, 2.05) is 0 Å². The molecule has 0 spiro atoms. The Morgan fingerprint density at radius 1 is 1.08 bits per heavy atom. The standard InChI is InChI=1S/C18H26F2N2O4/c1-18(2,3)26-17(23)22-7-5-21(6-8-22)15-11-14(20)16(12-13(15)19)25-10-9-24-4/h11-12H,5-10H2,1-4H3. The molecule has 0 N–H and O–H groups in total. The lowest BCUT2D eigenvalue weighted by molar-refractivity contribution is 0.0240. The average Bonchev–Trinajstić information content (AvgIpc) is 2.56. The predicted molar refractivity (Wildman–Crippen MR) is 93.7 cm³/mol. The second kappa shape index (κ2) is 8.53. The van der Waals surface area contributed by atoms with Crippen molar-refractivity contribution in [3.63, 3.8) is 0 Å². The van der Waals surface area contributed by atoms with Gasteiger partial charge in [0.05, 0.1) is 12.3 Å². The van der Waals surface area contributed by atoms with E-state index in [-0.39, 0.29) is 24.7 Å². The van der Waals surface area contributed by atoms with Crippen molar-refractivity contribution in [2.45, 2.75) is 26.4 Å². The van der Waals surface area contributed by atoms with Gasteiger partial charge in [0.1, 0.15) is 18.0 Å². The van der Waals surface area contributed by atoms with Crippen LogP contribution in [-0.4, -0.2) is 63.1 Å². The highest BCUT2D eigenvalue weighted by Gasteiger charge is 2.27. The topological polar surface area (TPSA) is 51.2 Å². The molecule has 1 fully saturated rings. The summed E-state index contributed by atoms with van der Waals surface area (Å²) in [4.78, 5) is 15.3.